The molecule has 0 saturated carbocycles. The number of phenols is 1. The van der Waals surface area contributed by atoms with E-state index < -0.39 is 34.4 Å². The largest absolute Gasteiger partial charge is 1.00 e. The molecule has 0 fully saturated rings. The average Bonchev–Trinajstić information content (AvgIpc) is 3.87. The van der Waals surface area contributed by atoms with Crippen LogP contribution in [0.2, 0.25) is 10.0 Å². The number of hydrogen-bond acceptors (Lipinski definition) is 13. The van der Waals surface area contributed by atoms with Gasteiger partial charge in [-0.2, -0.15) is 0 Å². The van der Waals surface area contributed by atoms with Gasteiger partial charge in [0.05, 0.1) is 47.2 Å². The second-order valence-electron chi connectivity index (χ2n) is 13.1. The molecule has 59 heavy (non-hydrogen) atoms. The standard InChI is InChI=1S/C20H18ClN3O6S.C20H18ClN3O3.Na/c1-11-14(6-9-17(22-3)18(11)21)10-16(12(2)25)20-24-23-19(29-20)13-4-7-15(8-5-13)30-31(26,27)28;1-11-14(6-9-17(22-3)18(11)21)10-16(12(2)25)20-24-23-19(27-20)13-4-7-15(26)8-5-13;/h4-9,12,16,25H,10H2,1-2H3,(H,26,27,28);4-9,12,16,25-26H,10H2,1-2H3;/q;;+1/p-1/t2*12-,16+;/m00./s1. The Balaban J connectivity index is 0.000000259. The Bertz CT molecular complexity index is 2590. The number of halogens is 2. The molecule has 3 N–H and O–H groups in total. The molecule has 300 valence electrons. The Kier molecular flexibility index (Phi) is 16.2. The topological polar surface area (TPSA) is 214 Å². The van der Waals surface area contributed by atoms with E-state index in [4.69, 9.17) is 45.2 Å². The number of nitrogens with zero attached hydrogens (tertiary/aromatic N) is 6. The maximum absolute atomic E-state index is 10.7. The Labute approximate surface area is 372 Å². The van der Waals surface area contributed by atoms with Gasteiger partial charge >= 0.3 is 29.6 Å². The van der Waals surface area contributed by atoms with Crippen LogP contribution in [-0.4, -0.2) is 60.9 Å². The summed E-state index contributed by atoms with van der Waals surface area (Å²) in [7, 11) is -4.87. The molecular formula is C40H35Cl2N6NaO9S. The molecule has 0 bridgehead atoms. The zero-order valence-electron chi connectivity index (χ0n) is 32.3. The molecule has 6 rings (SSSR count). The first-order chi connectivity index (χ1) is 27.5. The van der Waals surface area contributed by atoms with E-state index in [-0.39, 0.29) is 52.8 Å². The van der Waals surface area contributed by atoms with Crippen LogP contribution in [0.5, 0.6) is 11.5 Å². The third kappa shape index (κ3) is 11.9. The molecule has 0 saturated heterocycles. The van der Waals surface area contributed by atoms with Gasteiger partial charge in [0.1, 0.15) is 11.5 Å². The van der Waals surface area contributed by atoms with Crippen LogP contribution in [0, 0.1) is 27.0 Å². The Hall–Kier alpha value is -4.85. The molecule has 0 aliphatic carbocycles. The van der Waals surface area contributed by atoms with Crippen molar-refractivity contribution in [1.29, 1.82) is 0 Å². The number of phenolic OH excluding ortho intramolecular Hbond substituents is 1. The Morgan fingerprint density at radius 2 is 1.10 bits per heavy atom. The van der Waals surface area contributed by atoms with Gasteiger partial charge in [0, 0.05) is 11.1 Å². The third-order valence-corrected chi connectivity index (χ3v) is 10.5. The molecule has 0 spiro atoms. The fraction of sp³-hybridized carbons (Fsp3) is 0.250. The van der Waals surface area contributed by atoms with Gasteiger partial charge in [0.2, 0.25) is 34.9 Å². The second kappa shape index (κ2) is 20.4. The van der Waals surface area contributed by atoms with E-state index >= 15 is 0 Å². The van der Waals surface area contributed by atoms with Gasteiger partial charge in [-0.15, -0.1) is 20.4 Å². The minimum atomic E-state index is -4.87. The average molecular weight is 870 g/mol. The molecule has 2 heterocycles. The van der Waals surface area contributed by atoms with E-state index in [9.17, 15) is 28.3 Å². The van der Waals surface area contributed by atoms with Gasteiger partial charge in [-0.1, -0.05) is 47.5 Å². The zero-order valence-corrected chi connectivity index (χ0v) is 36.6. The monoisotopic (exact) mass is 868 g/mol. The van der Waals surface area contributed by atoms with E-state index in [0.717, 1.165) is 22.3 Å². The summed E-state index contributed by atoms with van der Waals surface area (Å²) in [5, 5.41) is 46.9. The van der Waals surface area contributed by atoms with Crippen LogP contribution in [0.1, 0.15) is 59.7 Å². The van der Waals surface area contributed by atoms with Crippen molar-refractivity contribution in [3.05, 3.63) is 140 Å². The van der Waals surface area contributed by atoms with Crippen LogP contribution in [-0.2, 0) is 23.2 Å². The fourth-order valence-electron chi connectivity index (χ4n) is 5.82. The normalized spacial score (nSPS) is 13.1. The number of benzene rings is 4. The molecule has 0 unspecified atom stereocenters. The van der Waals surface area contributed by atoms with Gasteiger partial charge in [-0.05, 0) is 111 Å². The fourth-order valence-corrected chi connectivity index (χ4v) is 6.62. The number of rotatable bonds is 12. The maximum Gasteiger partial charge on any atom is 1.00 e. The van der Waals surface area contributed by atoms with E-state index in [1.807, 2.05) is 13.0 Å². The minimum Gasteiger partial charge on any atom is -0.716 e. The summed E-state index contributed by atoms with van der Waals surface area (Å²) in [5.74, 6) is 0.0465. The van der Waals surface area contributed by atoms with Crippen LogP contribution >= 0.6 is 23.2 Å². The van der Waals surface area contributed by atoms with Crippen LogP contribution < -0.4 is 33.7 Å². The van der Waals surface area contributed by atoms with Crippen LogP contribution in [0.3, 0.4) is 0 Å². The smallest absolute Gasteiger partial charge is 0.716 e. The molecule has 2 aromatic heterocycles. The van der Waals surface area contributed by atoms with Gasteiger partial charge in [0.25, 0.3) is 10.4 Å². The Morgan fingerprint density at radius 1 is 0.712 bits per heavy atom. The summed E-state index contributed by atoms with van der Waals surface area (Å²) in [4.78, 5) is 6.77. The number of aliphatic hydroxyl groups excluding tert-OH is 2. The summed E-state index contributed by atoms with van der Waals surface area (Å²) >= 11 is 12.5. The molecule has 0 aliphatic rings. The van der Waals surface area contributed by atoms with E-state index in [1.165, 1.54) is 36.4 Å². The first kappa shape index (κ1) is 46.8. The second-order valence-corrected chi connectivity index (χ2v) is 14.9. The van der Waals surface area contributed by atoms with Crippen molar-refractivity contribution in [2.45, 2.75) is 64.6 Å². The molecule has 4 aromatic carbocycles. The summed E-state index contributed by atoms with van der Waals surface area (Å²) in [5.41, 5.74) is 5.19. The molecule has 6 aromatic rings. The first-order valence-corrected chi connectivity index (χ1v) is 19.5. The third-order valence-electron chi connectivity index (χ3n) is 9.17. The predicted octanol–water partition coefficient (Wildman–Crippen LogP) is 5.46. The zero-order chi connectivity index (χ0) is 42.3. The first-order valence-electron chi connectivity index (χ1n) is 17.4. The van der Waals surface area contributed by atoms with Crippen LogP contribution in [0.4, 0.5) is 11.4 Å². The van der Waals surface area contributed by atoms with Gasteiger partial charge in [0.15, 0.2) is 0 Å². The van der Waals surface area contributed by atoms with Crippen molar-refractivity contribution in [3.8, 4) is 34.4 Å². The van der Waals surface area contributed by atoms with Gasteiger partial charge in [-0.3, -0.25) is 0 Å². The summed E-state index contributed by atoms with van der Waals surface area (Å²) in [6.45, 7) is 21.2. The summed E-state index contributed by atoms with van der Waals surface area (Å²) in [6.07, 6.45) is -0.738. The minimum absolute atomic E-state index is 0. The van der Waals surface area contributed by atoms with Crippen molar-refractivity contribution >= 4 is 45.0 Å². The predicted molar refractivity (Wildman–Crippen MR) is 213 cm³/mol. The van der Waals surface area contributed by atoms with Crippen LogP contribution in [0.25, 0.3) is 32.6 Å². The van der Waals surface area contributed by atoms with E-state index in [2.05, 4.69) is 34.3 Å². The molecule has 4 atom stereocenters. The number of aliphatic hydroxyl groups is 2. The van der Waals surface area contributed by atoms with Crippen molar-refractivity contribution in [3.63, 3.8) is 0 Å². The number of aromatic nitrogens is 4. The SMILES string of the molecule is [C-]#[N+]c1ccc(C[C@@H](c2nnc(-c3ccc(O)cc3)o2)[C@H](C)O)c(C)c1Cl.[C-]#[N+]c1ccc(C[C@@H](c2nnc(-c3ccc(OS(=O)(=O)[O-])cc3)o2)[C@H](C)O)c(C)c1Cl.[Na+]. The molecule has 0 aliphatic heterocycles. The maximum atomic E-state index is 10.7. The van der Waals surface area contributed by atoms with Crippen molar-refractivity contribution < 1.29 is 70.9 Å². The van der Waals surface area contributed by atoms with Crippen molar-refractivity contribution in [1.82, 2.24) is 20.4 Å². The summed E-state index contributed by atoms with van der Waals surface area (Å²) in [6, 6.07) is 18.8. The molecule has 15 nitrogen and oxygen atoms in total. The van der Waals surface area contributed by atoms with Crippen LogP contribution in [0.15, 0.2) is 81.6 Å². The number of aromatic hydroxyl groups is 1. The molecule has 0 radical (unpaired) electrons. The number of hydrogen-bond donors (Lipinski definition) is 3. The summed E-state index contributed by atoms with van der Waals surface area (Å²) < 4.78 is 47.8. The van der Waals surface area contributed by atoms with Crippen molar-refractivity contribution in [2.75, 3.05) is 0 Å². The van der Waals surface area contributed by atoms with Gasteiger partial charge in [-0.25, -0.2) is 18.1 Å². The molecule has 19 heteroatoms. The molecular weight excluding hydrogens is 834 g/mol. The molecule has 0 amide bonds. The Morgan fingerprint density at radius 3 is 1.46 bits per heavy atom. The van der Waals surface area contributed by atoms with Gasteiger partial charge < -0.3 is 32.9 Å². The van der Waals surface area contributed by atoms with Crippen molar-refractivity contribution in [2.24, 2.45) is 0 Å². The van der Waals surface area contributed by atoms with E-state index in [0.29, 0.717) is 57.2 Å². The quantitative estimate of drug-likeness (QED) is 0.0604. The van der Waals surface area contributed by atoms with E-state index in [1.54, 1.807) is 51.1 Å².